The molecule has 0 spiro atoms. The second-order valence-electron chi connectivity index (χ2n) is 11.7. The fourth-order valence-corrected chi connectivity index (χ4v) is 4.73. The molecule has 1 aliphatic rings. The predicted molar refractivity (Wildman–Crippen MR) is 156 cm³/mol. The number of pyridine rings is 1. The Labute approximate surface area is 244 Å². The first-order valence-electron chi connectivity index (χ1n) is 14.2. The molecule has 0 aliphatic heterocycles. The van der Waals surface area contributed by atoms with E-state index in [0.717, 1.165) is 31.2 Å². The van der Waals surface area contributed by atoms with E-state index in [1.807, 2.05) is 26.0 Å². The second kappa shape index (κ2) is 13.2. The minimum absolute atomic E-state index is 0.00161. The lowest BCUT2D eigenvalue weighted by atomic mass is 9.91. The van der Waals surface area contributed by atoms with Gasteiger partial charge in [0.05, 0.1) is 58.7 Å². The maximum Gasteiger partial charge on any atom is 0.407 e. The molecule has 2 amide bonds. The standard InChI is InChI=1S/C30H38FN7O4/c1-18(2)17-42-29(40)37-21-7-5-20(6-8-21)36-24-12-25(26-10-9-22-11-19(13-32)14-35-38(22)26)33-15-23(24)28(39)34-16-27(31)30(3,4)41/h9-12,14-15,18,20-21,27,41H,5-8,16-17H2,1-4H3,(H,33,36)(H,34,39)(H,37,40)/t20-,21-,27-/m1/s1. The van der Waals surface area contributed by atoms with E-state index < -0.39 is 23.8 Å². The van der Waals surface area contributed by atoms with Gasteiger partial charge in [-0.2, -0.15) is 10.4 Å². The molecule has 1 fully saturated rings. The smallest absolute Gasteiger partial charge is 0.407 e. The summed E-state index contributed by atoms with van der Waals surface area (Å²) >= 11 is 0. The number of nitrogens with zero attached hydrogens (tertiary/aromatic N) is 4. The van der Waals surface area contributed by atoms with Crippen LogP contribution < -0.4 is 16.0 Å². The fourth-order valence-electron chi connectivity index (χ4n) is 4.73. The fraction of sp³-hybridized carbons (Fsp3) is 0.500. The molecule has 0 saturated heterocycles. The van der Waals surface area contributed by atoms with Crippen molar-refractivity contribution in [2.24, 2.45) is 5.92 Å². The molecule has 3 heterocycles. The van der Waals surface area contributed by atoms with E-state index in [1.54, 1.807) is 16.6 Å². The van der Waals surface area contributed by atoms with Gasteiger partial charge in [0.2, 0.25) is 0 Å². The van der Waals surface area contributed by atoms with Crippen LogP contribution in [0.15, 0.2) is 36.7 Å². The average Bonchev–Trinajstić information content (AvgIpc) is 3.38. The van der Waals surface area contributed by atoms with Crippen molar-refractivity contribution in [3.05, 3.63) is 47.8 Å². The number of aromatic nitrogens is 3. The van der Waals surface area contributed by atoms with Gasteiger partial charge in [-0.05, 0) is 69.7 Å². The number of aliphatic hydroxyl groups is 1. The SMILES string of the molecule is CC(C)COC(=O)N[C@H]1CC[C@H](Nc2cc(-c3ccc4cc(C#N)cnn34)ncc2C(=O)NC[C@@H](F)C(C)(C)O)CC1. The van der Waals surface area contributed by atoms with E-state index in [1.165, 1.54) is 26.2 Å². The van der Waals surface area contributed by atoms with Crippen molar-refractivity contribution in [1.29, 1.82) is 5.26 Å². The normalized spacial score (nSPS) is 17.9. The van der Waals surface area contributed by atoms with Crippen LogP contribution in [0.4, 0.5) is 14.9 Å². The number of nitrogens with one attached hydrogen (secondary N) is 3. The number of alkyl halides is 1. The molecular weight excluding hydrogens is 541 g/mol. The number of hydrogen-bond donors (Lipinski definition) is 4. The summed E-state index contributed by atoms with van der Waals surface area (Å²) in [5, 5.41) is 32.4. The number of ether oxygens (including phenoxy) is 1. The van der Waals surface area contributed by atoms with Crippen molar-refractivity contribution < 1.29 is 23.8 Å². The first-order valence-corrected chi connectivity index (χ1v) is 14.2. The zero-order valence-corrected chi connectivity index (χ0v) is 24.4. The number of nitriles is 1. The second-order valence-corrected chi connectivity index (χ2v) is 11.7. The number of amides is 2. The molecule has 42 heavy (non-hydrogen) atoms. The van der Waals surface area contributed by atoms with E-state index in [0.29, 0.717) is 29.2 Å². The van der Waals surface area contributed by atoms with Gasteiger partial charge in [-0.25, -0.2) is 13.7 Å². The number of hydrogen-bond acceptors (Lipinski definition) is 8. The topological polar surface area (TPSA) is 154 Å². The molecular formula is C30H38FN7O4. The van der Waals surface area contributed by atoms with Gasteiger partial charge in [0.15, 0.2) is 0 Å². The summed E-state index contributed by atoms with van der Waals surface area (Å²) < 4.78 is 21.3. The van der Waals surface area contributed by atoms with Crippen LogP contribution in [0.2, 0.25) is 0 Å². The molecule has 4 N–H and O–H groups in total. The molecule has 0 radical (unpaired) electrons. The highest BCUT2D eigenvalue weighted by Gasteiger charge is 2.28. The number of rotatable bonds is 10. The summed E-state index contributed by atoms with van der Waals surface area (Å²) in [6, 6.07) is 9.23. The zero-order valence-electron chi connectivity index (χ0n) is 24.4. The third-order valence-electron chi connectivity index (χ3n) is 7.21. The zero-order chi connectivity index (χ0) is 30.4. The van der Waals surface area contributed by atoms with Gasteiger partial charge in [-0.15, -0.1) is 0 Å². The van der Waals surface area contributed by atoms with E-state index in [-0.39, 0.29) is 30.1 Å². The maximum atomic E-state index is 14.4. The van der Waals surface area contributed by atoms with Crippen LogP contribution in [0, 0.1) is 17.2 Å². The molecule has 3 aromatic rings. The van der Waals surface area contributed by atoms with E-state index in [2.05, 4.69) is 32.1 Å². The first-order chi connectivity index (χ1) is 19.9. The summed E-state index contributed by atoms with van der Waals surface area (Å²) in [6.45, 7) is 6.65. The summed E-state index contributed by atoms with van der Waals surface area (Å²) in [5.41, 5.74) is 1.54. The van der Waals surface area contributed by atoms with Crippen LogP contribution >= 0.6 is 0 Å². The minimum atomic E-state index is -1.66. The van der Waals surface area contributed by atoms with Crippen LogP contribution in [0.25, 0.3) is 16.9 Å². The van der Waals surface area contributed by atoms with Gasteiger partial charge in [0.1, 0.15) is 12.2 Å². The molecule has 1 saturated carbocycles. The largest absolute Gasteiger partial charge is 0.449 e. The van der Waals surface area contributed by atoms with Crippen LogP contribution in [-0.4, -0.2) is 68.7 Å². The molecule has 4 rings (SSSR count). The number of carbonyl (C=O) groups excluding carboxylic acids is 2. The highest BCUT2D eigenvalue weighted by atomic mass is 19.1. The molecule has 3 aromatic heterocycles. The highest BCUT2D eigenvalue weighted by molar-refractivity contribution is 6.00. The molecule has 0 bridgehead atoms. The third-order valence-corrected chi connectivity index (χ3v) is 7.21. The lowest BCUT2D eigenvalue weighted by molar-refractivity contribution is -0.00178. The minimum Gasteiger partial charge on any atom is -0.449 e. The lowest BCUT2D eigenvalue weighted by Crippen LogP contribution is -2.42. The third kappa shape index (κ3) is 7.73. The Balaban J connectivity index is 1.53. The Kier molecular flexibility index (Phi) is 9.63. The average molecular weight is 580 g/mol. The van der Waals surface area contributed by atoms with Gasteiger partial charge >= 0.3 is 6.09 Å². The number of fused-ring (bicyclic) bond motifs is 1. The maximum absolute atomic E-state index is 14.4. The van der Waals surface area contributed by atoms with Gasteiger partial charge in [0, 0.05) is 18.3 Å². The van der Waals surface area contributed by atoms with Crippen LogP contribution in [-0.2, 0) is 4.74 Å². The predicted octanol–water partition coefficient (Wildman–Crippen LogP) is 4.21. The van der Waals surface area contributed by atoms with Crippen molar-refractivity contribution in [3.8, 4) is 17.5 Å². The molecule has 0 aromatic carbocycles. The number of alkyl carbamates (subject to hydrolysis) is 1. The molecule has 1 atom stereocenters. The Hall–Kier alpha value is -4.24. The monoisotopic (exact) mass is 579 g/mol. The Morgan fingerprint density at radius 1 is 1.19 bits per heavy atom. The van der Waals surface area contributed by atoms with Crippen molar-refractivity contribution in [2.45, 2.75) is 77.2 Å². The summed E-state index contributed by atoms with van der Waals surface area (Å²) in [6.07, 6.45) is 3.79. The molecule has 0 unspecified atom stereocenters. The van der Waals surface area contributed by atoms with E-state index >= 15 is 0 Å². The summed E-state index contributed by atoms with van der Waals surface area (Å²) in [5.74, 6) is -0.266. The van der Waals surface area contributed by atoms with Gasteiger partial charge in [-0.1, -0.05) is 13.8 Å². The van der Waals surface area contributed by atoms with E-state index in [4.69, 9.17) is 4.74 Å². The van der Waals surface area contributed by atoms with Crippen molar-refractivity contribution in [1.82, 2.24) is 25.2 Å². The number of halogens is 1. The van der Waals surface area contributed by atoms with Crippen molar-refractivity contribution in [3.63, 3.8) is 0 Å². The molecule has 12 heteroatoms. The Bertz CT molecular complexity index is 1450. The number of anilines is 1. The van der Waals surface area contributed by atoms with Gasteiger partial charge in [-0.3, -0.25) is 9.78 Å². The summed E-state index contributed by atoms with van der Waals surface area (Å²) in [7, 11) is 0. The number of carbonyl (C=O) groups is 2. The van der Waals surface area contributed by atoms with Crippen molar-refractivity contribution in [2.75, 3.05) is 18.5 Å². The molecule has 1 aliphatic carbocycles. The van der Waals surface area contributed by atoms with Gasteiger partial charge in [0.25, 0.3) is 5.91 Å². The molecule has 224 valence electrons. The van der Waals surface area contributed by atoms with Crippen molar-refractivity contribution >= 4 is 23.2 Å². The quantitative estimate of drug-likeness (QED) is 0.279. The Morgan fingerprint density at radius 3 is 2.57 bits per heavy atom. The highest BCUT2D eigenvalue weighted by Crippen LogP contribution is 2.29. The Morgan fingerprint density at radius 2 is 1.90 bits per heavy atom. The van der Waals surface area contributed by atoms with Gasteiger partial charge < -0.3 is 25.8 Å². The van der Waals surface area contributed by atoms with Crippen LogP contribution in [0.5, 0.6) is 0 Å². The lowest BCUT2D eigenvalue weighted by Gasteiger charge is -2.30. The van der Waals surface area contributed by atoms with Crippen LogP contribution in [0.3, 0.4) is 0 Å². The first kappa shape index (κ1) is 30.7. The molecule has 11 nitrogen and oxygen atoms in total. The van der Waals surface area contributed by atoms with Crippen LogP contribution in [0.1, 0.15) is 69.3 Å². The van der Waals surface area contributed by atoms with E-state index in [9.17, 15) is 24.3 Å². The summed E-state index contributed by atoms with van der Waals surface area (Å²) in [4.78, 5) is 29.8.